The lowest BCUT2D eigenvalue weighted by atomic mass is 10.1. The Labute approximate surface area is 187 Å². The zero-order valence-corrected chi connectivity index (χ0v) is 18.9. The maximum absolute atomic E-state index is 13.3. The van der Waals surface area contributed by atoms with Crippen LogP contribution in [0.3, 0.4) is 0 Å². The maximum atomic E-state index is 13.3. The fraction of sp³-hybridized carbons (Fsp3) is 0.208. The highest BCUT2D eigenvalue weighted by molar-refractivity contribution is 7.92. The van der Waals surface area contributed by atoms with Crippen LogP contribution in [0.2, 0.25) is 0 Å². The maximum Gasteiger partial charge on any atom is 0.265 e. The van der Waals surface area contributed by atoms with Gasteiger partial charge < -0.3 is 14.4 Å². The molecule has 1 N–H and O–H groups in total. The smallest absolute Gasteiger partial charge is 0.265 e. The number of hydrogen-bond donors (Lipinski definition) is 1. The van der Waals surface area contributed by atoms with Gasteiger partial charge in [-0.05, 0) is 68.8 Å². The summed E-state index contributed by atoms with van der Waals surface area (Å²) in [7, 11) is -3.96. The minimum absolute atomic E-state index is 0.0412. The van der Waals surface area contributed by atoms with Crippen molar-refractivity contribution >= 4 is 27.3 Å². The molecule has 3 aromatic carbocycles. The number of rotatable bonds is 6. The summed E-state index contributed by atoms with van der Waals surface area (Å²) >= 11 is 0. The van der Waals surface area contributed by atoms with Crippen LogP contribution in [0.5, 0.6) is 17.2 Å². The summed E-state index contributed by atoms with van der Waals surface area (Å²) in [6, 6.07) is 16.9. The molecule has 3 aromatic rings. The third-order valence-corrected chi connectivity index (χ3v) is 6.49. The third kappa shape index (κ3) is 4.01. The molecule has 7 nitrogen and oxygen atoms in total. The normalized spacial score (nSPS) is 13.0. The predicted octanol–water partition coefficient (Wildman–Crippen LogP) is 4.97. The van der Waals surface area contributed by atoms with Gasteiger partial charge in [0.05, 0.1) is 17.9 Å². The van der Waals surface area contributed by atoms with Crippen LogP contribution in [0.15, 0.2) is 65.6 Å². The van der Waals surface area contributed by atoms with Gasteiger partial charge in [-0.15, -0.1) is 0 Å². The Morgan fingerprint density at radius 1 is 1.00 bits per heavy atom. The van der Waals surface area contributed by atoms with E-state index < -0.39 is 10.0 Å². The molecule has 0 saturated carbocycles. The van der Waals surface area contributed by atoms with Crippen LogP contribution in [0, 0.1) is 6.92 Å². The lowest BCUT2D eigenvalue weighted by Gasteiger charge is -2.20. The van der Waals surface area contributed by atoms with E-state index in [1.54, 1.807) is 48.2 Å². The van der Waals surface area contributed by atoms with Crippen molar-refractivity contribution in [3.63, 3.8) is 0 Å². The van der Waals surface area contributed by atoms with Gasteiger partial charge in [-0.2, -0.15) is 0 Å². The summed E-state index contributed by atoms with van der Waals surface area (Å²) in [5.74, 6) is 0.939. The van der Waals surface area contributed by atoms with Crippen molar-refractivity contribution in [2.24, 2.45) is 0 Å². The van der Waals surface area contributed by atoms with Gasteiger partial charge in [0.15, 0.2) is 5.75 Å². The molecule has 8 heteroatoms. The van der Waals surface area contributed by atoms with E-state index in [1.807, 2.05) is 32.0 Å². The first-order valence-corrected chi connectivity index (χ1v) is 11.8. The quantitative estimate of drug-likeness (QED) is 0.571. The zero-order chi connectivity index (χ0) is 22.9. The largest absolute Gasteiger partial charge is 0.492 e. The molecule has 0 radical (unpaired) electrons. The number of sulfonamides is 1. The number of carbonyl (C=O) groups excluding carboxylic acids is 1. The fourth-order valence-corrected chi connectivity index (χ4v) is 4.89. The standard InChI is InChI=1S/C24H24N2O5S/c1-4-26-19-8-6-7-9-21(19)31-20-13-11-17(15-18(20)24(26)27)25-32(28,29)23-14-16(3)10-12-22(23)30-5-2/h6-15,25H,4-5H2,1-3H3. The summed E-state index contributed by atoms with van der Waals surface area (Å²) in [6.45, 7) is 6.25. The summed E-state index contributed by atoms with van der Waals surface area (Å²) in [5.41, 5.74) is 1.99. The Balaban J connectivity index is 1.72. The Hall–Kier alpha value is -3.52. The van der Waals surface area contributed by atoms with E-state index in [2.05, 4.69) is 4.72 Å². The van der Waals surface area contributed by atoms with Gasteiger partial charge in [-0.3, -0.25) is 9.52 Å². The number of anilines is 2. The van der Waals surface area contributed by atoms with Crippen LogP contribution >= 0.6 is 0 Å². The minimum Gasteiger partial charge on any atom is -0.492 e. The number of carbonyl (C=O) groups is 1. The Kier molecular flexibility index (Phi) is 5.80. The van der Waals surface area contributed by atoms with Crippen molar-refractivity contribution in [2.75, 3.05) is 22.8 Å². The zero-order valence-electron chi connectivity index (χ0n) is 18.1. The van der Waals surface area contributed by atoms with E-state index in [4.69, 9.17) is 9.47 Å². The second-order valence-corrected chi connectivity index (χ2v) is 8.97. The molecule has 1 amide bonds. The molecule has 32 heavy (non-hydrogen) atoms. The minimum atomic E-state index is -3.96. The van der Waals surface area contributed by atoms with Gasteiger partial charge in [-0.1, -0.05) is 18.2 Å². The molecular weight excluding hydrogens is 428 g/mol. The lowest BCUT2D eigenvalue weighted by molar-refractivity contribution is 0.0988. The molecule has 0 spiro atoms. The number of aryl methyl sites for hydroxylation is 1. The molecular formula is C24H24N2O5S. The Morgan fingerprint density at radius 3 is 2.53 bits per heavy atom. The molecule has 4 rings (SSSR count). The summed E-state index contributed by atoms with van der Waals surface area (Å²) < 4.78 is 40.4. The van der Waals surface area contributed by atoms with Crippen molar-refractivity contribution in [1.29, 1.82) is 0 Å². The van der Waals surface area contributed by atoms with Crippen LogP contribution < -0.4 is 19.1 Å². The van der Waals surface area contributed by atoms with Crippen molar-refractivity contribution in [3.8, 4) is 17.2 Å². The van der Waals surface area contributed by atoms with Crippen LogP contribution in [0.1, 0.15) is 29.8 Å². The lowest BCUT2D eigenvalue weighted by Crippen LogP contribution is -2.29. The molecule has 1 aliphatic rings. The fourth-order valence-electron chi connectivity index (χ4n) is 3.61. The van der Waals surface area contributed by atoms with Crippen LogP contribution in [-0.4, -0.2) is 27.5 Å². The van der Waals surface area contributed by atoms with Gasteiger partial charge in [0, 0.05) is 12.2 Å². The number of nitrogens with one attached hydrogen (secondary N) is 1. The number of fused-ring (bicyclic) bond motifs is 2. The molecule has 0 unspecified atom stereocenters. The summed E-state index contributed by atoms with van der Waals surface area (Å²) in [6.07, 6.45) is 0. The van der Waals surface area contributed by atoms with Gasteiger partial charge in [0.25, 0.3) is 15.9 Å². The van der Waals surface area contributed by atoms with Crippen LogP contribution in [0.4, 0.5) is 11.4 Å². The van der Waals surface area contributed by atoms with Crippen LogP contribution in [0.25, 0.3) is 0 Å². The van der Waals surface area contributed by atoms with E-state index in [-0.39, 0.29) is 27.8 Å². The highest BCUT2D eigenvalue weighted by Gasteiger charge is 2.28. The van der Waals surface area contributed by atoms with E-state index in [0.717, 1.165) is 5.56 Å². The number of amides is 1. The molecule has 1 heterocycles. The van der Waals surface area contributed by atoms with Gasteiger partial charge in [0.2, 0.25) is 0 Å². The van der Waals surface area contributed by atoms with Gasteiger partial charge in [-0.25, -0.2) is 8.42 Å². The second kappa shape index (κ2) is 8.55. The highest BCUT2D eigenvalue weighted by Crippen LogP contribution is 2.39. The van der Waals surface area contributed by atoms with E-state index >= 15 is 0 Å². The van der Waals surface area contributed by atoms with E-state index in [9.17, 15) is 13.2 Å². The second-order valence-electron chi connectivity index (χ2n) is 7.32. The molecule has 0 bridgehead atoms. The van der Waals surface area contributed by atoms with Gasteiger partial charge >= 0.3 is 0 Å². The molecule has 0 atom stereocenters. The molecule has 166 valence electrons. The van der Waals surface area contributed by atoms with Crippen molar-refractivity contribution in [3.05, 3.63) is 71.8 Å². The van der Waals surface area contributed by atoms with Crippen LogP contribution in [-0.2, 0) is 10.0 Å². The molecule has 0 aliphatic carbocycles. The SMILES string of the molecule is CCOc1ccc(C)cc1S(=O)(=O)Nc1ccc2c(c1)C(=O)N(CC)c1ccccc1O2. The first kappa shape index (κ1) is 21.7. The summed E-state index contributed by atoms with van der Waals surface area (Å²) in [4.78, 5) is 14.9. The third-order valence-electron chi connectivity index (χ3n) is 5.09. The van der Waals surface area contributed by atoms with E-state index in [1.165, 1.54) is 6.07 Å². The average molecular weight is 453 g/mol. The van der Waals surface area contributed by atoms with Gasteiger partial charge in [0.1, 0.15) is 16.4 Å². The molecule has 0 saturated heterocycles. The monoisotopic (exact) mass is 452 g/mol. The first-order valence-electron chi connectivity index (χ1n) is 10.3. The Morgan fingerprint density at radius 2 is 1.78 bits per heavy atom. The summed E-state index contributed by atoms with van der Waals surface area (Å²) in [5, 5.41) is 0. The van der Waals surface area contributed by atoms with Crippen molar-refractivity contribution in [1.82, 2.24) is 0 Å². The number of ether oxygens (including phenoxy) is 2. The topological polar surface area (TPSA) is 84.9 Å². The van der Waals surface area contributed by atoms with Crippen molar-refractivity contribution < 1.29 is 22.7 Å². The number of nitrogens with zero attached hydrogens (tertiary/aromatic N) is 1. The number of benzene rings is 3. The predicted molar refractivity (Wildman–Crippen MR) is 123 cm³/mol. The Bertz CT molecular complexity index is 1290. The first-order chi connectivity index (χ1) is 15.3. The molecule has 0 fully saturated rings. The number of para-hydroxylation sites is 2. The highest BCUT2D eigenvalue weighted by atomic mass is 32.2. The number of hydrogen-bond acceptors (Lipinski definition) is 5. The van der Waals surface area contributed by atoms with E-state index in [0.29, 0.717) is 30.3 Å². The molecule has 0 aromatic heterocycles. The van der Waals surface area contributed by atoms with Crippen molar-refractivity contribution in [2.45, 2.75) is 25.7 Å². The average Bonchev–Trinajstić information content (AvgIpc) is 2.88. The molecule has 1 aliphatic heterocycles.